The average molecular weight is 327 g/mol. The Morgan fingerprint density at radius 1 is 1.45 bits per heavy atom. The Morgan fingerprint density at radius 2 is 2.23 bits per heavy atom. The van der Waals surface area contributed by atoms with Gasteiger partial charge in [-0.2, -0.15) is 0 Å². The van der Waals surface area contributed by atoms with Crippen molar-refractivity contribution in [1.29, 1.82) is 0 Å². The highest BCUT2D eigenvalue weighted by molar-refractivity contribution is 5.85. The first kappa shape index (κ1) is 18.8. The number of carbonyl (C=O) groups excluding carboxylic acids is 1. The predicted octanol–water partition coefficient (Wildman–Crippen LogP) is 2.78. The van der Waals surface area contributed by atoms with Gasteiger partial charge in [0.05, 0.1) is 7.11 Å². The molecule has 2 atom stereocenters. The van der Waals surface area contributed by atoms with Crippen molar-refractivity contribution in [2.45, 2.75) is 51.1 Å². The molecular formula is C17H27ClN2O2. The number of piperidine rings is 1. The van der Waals surface area contributed by atoms with Crippen LogP contribution >= 0.6 is 12.4 Å². The number of nitrogens with zero attached hydrogens (tertiary/aromatic N) is 1. The molecule has 1 aliphatic rings. The van der Waals surface area contributed by atoms with E-state index in [1.165, 1.54) is 6.42 Å². The molecule has 0 aliphatic carbocycles. The van der Waals surface area contributed by atoms with E-state index in [0.29, 0.717) is 6.42 Å². The van der Waals surface area contributed by atoms with E-state index in [2.05, 4.69) is 0 Å². The largest absolute Gasteiger partial charge is 0.497 e. The monoisotopic (exact) mass is 326 g/mol. The van der Waals surface area contributed by atoms with Gasteiger partial charge in [0.1, 0.15) is 5.75 Å². The zero-order valence-electron chi connectivity index (χ0n) is 13.5. The Morgan fingerprint density at radius 3 is 2.91 bits per heavy atom. The fourth-order valence-corrected chi connectivity index (χ4v) is 3.04. The number of ether oxygens (including phenoxy) is 1. The number of carbonyl (C=O) groups is 1. The number of likely N-dealkylation sites (tertiary alicyclic amines) is 1. The highest BCUT2D eigenvalue weighted by atomic mass is 35.5. The van der Waals surface area contributed by atoms with Crippen molar-refractivity contribution in [2.24, 2.45) is 5.73 Å². The van der Waals surface area contributed by atoms with E-state index in [-0.39, 0.29) is 30.4 Å². The summed E-state index contributed by atoms with van der Waals surface area (Å²) < 4.78 is 5.21. The van der Waals surface area contributed by atoms with E-state index >= 15 is 0 Å². The molecule has 5 heteroatoms. The predicted molar refractivity (Wildman–Crippen MR) is 91.6 cm³/mol. The number of methoxy groups -OCH3 is 1. The summed E-state index contributed by atoms with van der Waals surface area (Å²) in [6.07, 6.45) is 4.58. The molecular weight excluding hydrogens is 300 g/mol. The van der Waals surface area contributed by atoms with Gasteiger partial charge in [0, 0.05) is 25.0 Å². The third kappa shape index (κ3) is 4.89. The van der Waals surface area contributed by atoms with E-state index in [1.807, 2.05) is 36.1 Å². The van der Waals surface area contributed by atoms with Crippen molar-refractivity contribution in [1.82, 2.24) is 4.90 Å². The molecule has 2 rings (SSSR count). The summed E-state index contributed by atoms with van der Waals surface area (Å²) in [5.41, 5.74) is 7.17. The van der Waals surface area contributed by atoms with Crippen LogP contribution in [0.2, 0.25) is 0 Å². The summed E-state index contributed by atoms with van der Waals surface area (Å²) in [6.45, 7) is 2.85. The number of benzene rings is 1. The highest BCUT2D eigenvalue weighted by Gasteiger charge is 2.28. The zero-order valence-corrected chi connectivity index (χ0v) is 14.3. The van der Waals surface area contributed by atoms with Gasteiger partial charge in [-0.1, -0.05) is 12.1 Å². The Hall–Kier alpha value is -1.26. The smallest absolute Gasteiger partial charge is 0.223 e. The summed E-state index contributed by atoms with van der Waals surface area (Å²) in [5.74, 6) is 1.06. The maximum Gasteiger partial charge on any atom is 0.223 e. The van der Waals surface area contributed by atoms with Gasteiger partial charge in [-0.25, -0.2) is 0 Å². The molecule has 124 valence electrons. The third-order valence-electron chi connectivity index (χ3n) is 4.24. The molecule has 1 heterocycles. The molecule has 1 aromatic carbocycles. The van der Waals surface area contributed by atoms with Crippen LogP contribution in [0, 0.1) is 0 Å². The third-order valence-corrected chi connectivity index (χ3v) is 4.24. The van der Waals surface area contributed by atoms with Gasteiger partial charge < -0.3 is 15.4 Å². The molecule has 0 radical (unpaired) electrons. The molecule has 0 aromatic heterocycles. The Labute approximate surface area is 139 Å². The number of halogens is 1. The molecule has 4 nitrogen and oxygen atoms in total. The quantitative estimate of drug-likeness (QED) is 0.905. The summed E-state index contributed by atoms with van der Waals surface area (Å²) in [6, 6.07) is 8.16. The van der Waals surface area contributed by atoms with Crippen LogP contribution in [0.15, 0.2) is 24.3 Å². The maximum absolute atomic E-state index is 12.5. The standard InChI is InChI=1S/C17H26N2O2.ClH/c1-13(18)16-8-3-4-11-19(16)17(20)10-9-14-6-5-7-15(12-14)21-2;/h5-7,12-13,16H,3-4,8-11,18H2,1-2H3;1H. The van der Waals surface area contributed by atoms with Crippen molar-refractivity contribution in [3.05, 3.63) is 29.8 Å². The first-order valence-corrected chi connectivity index (χ1v) is 7.80. The second-order valence-electron chi connectivity index (χ2n) is 5.86. The molecule has 2 unspecified atom stereocenters. The van der Waals surface area contributed by atoms with Crippen molar-refractivity contribution >= 4 is 18.3 Å². The molecule has 0 bridgehead atoms. The van der Waals surface area contributed by atoms with Crippen LogP contribution in [0.3, 0.4) is 0 Å². The molecule has 2 N–H and O–H groups in total. The topological polar surface area (TPSA) is 55.6 Å². The lowest BCUT2D eigenvalue weighted by atomic mass is 9.96. The van der Waals surface area contributed by atoms with E-state index in [9.17, 15) is 4.79 Å². The van der Waals surface area contributed by atoms with Gasteiger partial charge in [-0.15, -0.1) is 12.4 Å². The fourth-order valence-electron chi connectivity index (χ4n) is 3.04. The van der Waals surface area contributed by atoms with E-state index in [4.69, 9.17) is 10.5 Å². The lowest BCUT2D eigenvalue weighted by molar-refractivity contribution is -0.135. The van der Waals surface area contributed by atoms with Crippen LogP contribution in [0.1, 0.15) is 38.2 Å². The molecule has 1 amide bonds. The zero-order chi connectivity index (χ0) is 15.2. The lowest BCUT2D eigenvalue weighted by Gasteiger charge is -2.38. The fraction of sp³-hybridized carbons (Fsp3) is 0.588. The number of hydrogen-bond acceptors (Lipinski definition) is 3. The second kappa shape index (κ2) is 9.01. The van der Waals surface area contributed by atoms with Gasteiger partial charge >= 0.3 is 0 Å². The number of rotatable bonds is 5. The SMILES string of the molecule is COc1cccc(CCC(=O)N2CCCCC2C(C)N)c1.Cl. The van der Waals surface area contributed by atoms with Crippen LogP contribution in [-0.2, 0) is 11.2 Å². The van der Waals surface area contributed by atoms with Crippen molar-refractivity contribution in [3.8, 4) is 5.75 Å². The minimum absolute atomic E-state index is 0. The average Bonchev–Trinajstić information content (AvgIpc) is 2.52. The molecule has 1 aliphatic heterocycles. The Kier molecular flexibility index (Phi) is 7.69. The number of nitrogens with two attached hydrogens (primary N) is 1. The summed E-state index contributed by atoms with van der Waals surface area (Å²) in [5, 5.41) is 0. The van der Waals surface area contributed by atoms with E-state index < -0.39 is 0 Å². The molecule has 1 aromatic rings. The van der Waals surface area contributed by atoms with Crippen LogP contribution in [-0.4, -0.2) is 36.5 Å². The molecule has 0 saturated carbocycles. The maximum atomic E-state index is 12.5. The van der Waals surface area contributed by atoms with Gasteiger partial charge in [-0.05, 0) is 50.3 Å². The Bertz CT molecular complexity index is 479. The van der Waals surface area contributed by atoms with Crippen LogP contribution in [0.25, 0.3) is 0 Å². The first-order valence-electron chi connectivity index (χ1n) is 7.80. The Balaban J connectivity index is 0.00000242. The van der Waals surface area contributed by atoms with Crippen LogP contribution in [0.5, 0.6) is 5.75 Å². The first-order chi connectivity index (χ1) is 10.1. The number of amides is 1. The van der Waals surface area contributed by atoms with Crippen molar-refractivity contribution in [3.63, 3.8) is 0 Å². The van der Waals surface area contributed by atoms with Gasteiger partial charge in [0.25, 0.3) is 0 Å². The lowest BCUT2D eigenvalue weighted by Crippen LogP contribution is -2.51. The second-order valence-corrected chi connectivity index (χ2v) is 5.86. The van der Waals surface area contributed by atoms with E-state index in [1.54, 1.807) is 7.11 Å². The number of hydrogen-bond donors (Lipinski definition) is 1. The van der Waals surface area contributed by atoms with Crippen LogP contribution < -0.4 is 10.5 Å². The van der Waals surface area contributed by atoms with E-state index in [0.717, 1.165) is 37.1 Å². The van der Waals surface area contributed by atoms with Crippen LogP contribution in [0.4, 0.5) is 0 Å². The van der Waals surface area contributed by atoms with Crippen molar-refractivity contribution < 1.29 is 9.53 Å². The minimum atomic E-state index is 0. The van der Waals surface area contributed by atoms with Gasteiger partial charge in [-0.3, -0.25) is 4.79 Å². The molecule has 22 heavy (non-hydrogen) atoms. The molecule has 1 saturated heterocycles. The van der Waals surface area contributed by atoms with Gasteiger partial charge in [0.2, 0.25) is 5.91 Å². The highest BCUT2D eigenvalue weighted by Crippen LogP contribution is 2.21. The molecule has 1 fully saturated rings. The summed E-state index contributed by atoms with van der Waals surface area (Å²) in [7, 11) is 1.66. The minimum Gasteiger partial charge on any atom is -0.497 e. The normalized spacial score (nSPS) is 19.2. The van der Waals surface area contributed by atoms with Gasteiger partial charge in [0.15, 0.2) is 0 Å². The summed E-state index contributed by atoms with van der Waals surface area (Å²) in [4.78, 5) is 14.5. The number of aryl methyl sites for hydroxylation is 1. The van der Waals surface area contributed by atoms with Crippen molar-refractivity contribution in [2.75, 3.05) is 13.7 Å². The summed E-state index contributed by atoms with van der Waals surface area (Å²) >= 11 is 0. The molecule has 0 spiro atoms.